The van der Waals surface area contributed by atoms with Crippen LogP contribution in [0.25, 0.3) is 0 Å². The van der Waals surface area contributed by atoms with E-state index in [2.05, 4.69) is 10.5 Å². The van der Waals surface area contributed by atoms with E-state index in [1.54, 1.807) is 13.0 Å². The first-order chi connectivity index (χ1) is 10.9. The van der Waals surface area contributed by atoms with E-state index in [4.69, 9.17) is 9.26 Å². The van der Waals surface area contributed by atoms with Gasteiger partial charge >= 0.3 is 5.97 Å². The van der Waals surface area contributed by atoms with Gasteiger partial charge in [0.1, 0.15) is 5.56 Å². The molecule has 6 heteroatoms. The second-order valence-corrected chi connectivity index (χ2v) is 5.60. The number of anilines is 1. The number of nitrogens with zero attached hydrogens (tertiary/aromatic N) is 1. The molecule has 6 nitrogen and oxygen atoms in total. The van der Waals surface area contributed by atoms with Crippen molar-refractivity contribution in [2.24, 2.45) is 0 Å². The van der Waals surface area contributed by atoms with Crippen LogP contribution in [-0.4, -0.2) is 23.6 Å². The summed E-state index contributed by atoms with van der Waals surface area (Å²) in [6.45, 7) is 6.97. The SMILES string of the molecule is Cc1ccccc1NC(=O)COC(=O)c1c(C)noc1C(C)C. The summed E-state index contributed by atoms with van der Waals surface area (Å²) in [5, 5.41) is 6.50. The number of carbonyl (C=O) groups is 2. The molecule has 122 valence electrons. The molecule has 0 fully saturated rings. The zero-order chi connectivity index (χ0) is 17.0. The van der Waals surface area contributed by atoms with E-state index in [0.717, 1.165) is 5.56 Å². The maximum absolute atomic E-state index is 12.2. The Labute approximate surface area is 134 Å². The number of hydrogen-bond donors (Lipinski definition) is 1. The molecule has 2 aromatic rings. The molecule has 1 heterocycles. The number of hydrogen-bond acceptors (Lipinski definition) is 5. The summed E-state index contributed by atoms with van der Waals surface area (Å²) in [6.07, 6.45) is 0. The monoisotopic (exact) mass is 316 g/mol. The van der Waals surface area contributed by atoms with Crippen molar-refractivity contribution >= 4 is 17.6 Å². The Morgan fingerprint density at radius 3 is 2.61 bits per heavy atom. The standard InChI is InChI=1S/C17H20N2O4/c1-10(2)16-15(12(4)19-23-16)17(21)22-9-14(20)18-13-8-6-5-7-11(13)3/h5-8,10H,9H2,1-4H3,(H,18,20). The minimum Gasteiger partial charge on any atom is -0.452 e. The summed E-state index contributed by atoms with van der Waals surface area (Å²) in [5.41, 5.74) is 2.38. The average molecular weight is 316 g/mol. The number of esters is 1. The molecular formula is C17H20N2O4. The molecule has 0 aliphatic heterocycles. The summed E-state index contributed by atoms with van der Waals surface area (Å²) >= 11 is 0. The molecule has 0 spiro atoms. The molecule has 0 saturated heterocycles. The lowest BCUT2D eigenvalue weighted by molar-refractivity contribution is -0.119. The number of nitrogens with one attached hydrogen (secondary N) is 1. The zero-order valence-electron chi connectivity index (χ0n) is 13.7. The highest BCUT2D eigenvalue weighted by molar-refractivity contribution is 5.96. The number of aromatic nitrogens is 1. The molecule has 0 bridgehead atoms. The minimum absolute atomic E-state index is 0.000421. The second kappa shape index (κ2) is 7.09. The van der Waals surface area contributed by atoms with Crippen molar-refractivity contribution in [2.75, 3.05) is 11.9 Å². The zero-order valence-corrected chi connectivity index (χ0v) is 13.7. The molecule has 1 N–H and O–H groups in total. The fourth-order valence-corrected chi connectivity index (χ4v) is 2.13. The molecule has 0 radical (unpaired) electrons. The minimum atomic E-state index is -0.604. The Kier molecular flexibility index (Phi) is 5.16. The van der Waals surface area contributed by atoms with Gasteiger partial charge in [-0.2, -0.15) is 0 Å². The largest absolute Gasteiger partial charge is 0.452 e. The predicted molar refractivity (Wildman–Crippen MR) is 85.4 cm³/mol. The summed E-state index contributed by atoms with van der Waals surface area (Å²) in [4.78, 5) is 24.1. The van der Waals surface area contributed by atoms with Gasteiger partial charge in [-0.05, 0) is 25.5 Å². The predicted octanol–water partition coefficient (Wildman–Crippen LogP) is 3.21. The fourth-order valence-electron chi connectivity index (χ4n) is 2.13. The van der Waals surface area contributed by atoms with E-state index in [0.29, 0.717) is 22.7 Å². The van der Waals surface area contributed by atoms with Crippen molar-refractivity contribution in [3.05, 3.63) is 46.8 Å². The van der Waals surface area contributed by atoms with Crippen LogP contribution in [-0.2, 0) is 9.53 Å². The lowest BCUT2D eigenvalue weighted by atomic mass is 10.1. The van der Waals surface area contributed by atoms with E-state index in [9.17, 15) is 9.59 Å². The molecule has 0 aliphatic rings. The molecule has 23 heavy (non-hydrogen) atoms. The third-order valence-electron chi connectivity index (χ3n) is 3.37. The Balaban J connectivity index is 1.98. The fraction of sp³-hybridized carbons (Fsp3) is 0.353. The number of aryl methyl sites for hydroxylation is 2. The van der Waals surface area contributed by atoms with Crippen molar-refractivity contribution < 1.29 is 18.8 Å². The van der Waals surface area contributed by atoms with Gasteiger partial charge in [-0.1, -0.05) is 37.2 Å². The smallest absolute Gasteiger partial charge is 0.344 e. The van der Waals surface area contributed by atoms with Crippen molar-refractivity contribution in [3.63, 3.8) is 0 Å². The molecule has 0 saturated carbocycles. The van der Waals surface area contributed by atoms with Crippen LogP contribution in [0.2, 0.25) is 0 Å². The number of benzene rings is 1. The molecule has 1 amide bonds. The van der Waals surface area contributed by atoms with Crippen LogP contribution in [0.5, 0.6) is 0 Å². The summed E-state index contributed by atoms with van der Waals surface area (Å²) < 4.78 is 10.2. The normalized spacial score (nSPS) is 10.7. The molecule has 0 aliphatic carbocycles. The lowest BCUT2D eigenvalue weighted by Crippen LogP contribution is -2.22. The highest BCUT2D eigenvalue weighted by Gasteiger charge is 2.24. The van der Waals surface area contributed by atoms with Crippen LogP contribution in [0.4, 0.5) is 5.69 Å². The first kappa shape index (κ1) is 16.7. The molecule has 0 unspecified atom stereocenters. The van der Waals surface area contributed by atoms with Crippen LogP contribution >= 0.6 is 0 Å². The van der Waals surface area contributed by atoms with Crippen molar-refractivity contribution in [1.82, 2.24) is 5.16 Å². The molecule has 0 atom stereocenters. The third kappa shape index (κ3) is 3.97. The van der Waals surface area contributed by atoms with Gasteiger partial charge in [0.15, 0.2) is 12.4 Å². The van der Waals surface area contributed by atoms with E-state index in [1.165, 1.54) is 0 Å². The number of amides is 1. The number of carbonyl (C=O) groups excluding carboxylic acids is 2. The molecule has 1 aromatic heterocycles. The highest BCUT2D eigenvalue weighted by Crippen LogP contribution is 2.23. The van der Waals surface area contributed by atoms with Gasteiger partial charge in [-0.3, -0.25) is 4.79 Å². The van der Waals surface area contributed by atoms with Crippen molar-refractivity contribution in [1.29, 1.82) is 0 Å². The van der Waals surface area contributed by atoms with E-state index < -0.39 is 11.9 Å². The Bertz CT molecular complexity index is 719. The number of ether oxygens (including phenoxy) is 1. The Morgan fingerprint density at radius 1 is 1.26 bits per heavy atom. The maximum Gasteiger partial charge on any atom is 0.344 e. The average Bonchev–Trinajstić information content (AvgIpc) is 2.89. The second-order valence-electron chi connectivity index (χ2n) is 5.60. The van der Waals surface area contributed by atoms with Gasteiger partial charge in [-0.15, -0.1) is 0 Å². The maximum atomic E-state index is 12.2. The van der Waals surface area contributed by atoms with Crippen molar-refractivity contribution in [3.8, 4) is 0 Å². The van der Waals surface area contributed by atoms with Gasteiger partial charge in [-0.25, -0.2) is 4.79 Å². The highest BCUT2D eigenvalue weighted by atomic mass is 16.5. The van der Waals surface area contributed by atoms with E-state index >= 15 is 0 Å². The van der Waals surface area contributed by atoms with Gasteiger partial charge in [0.2, 0.25) is 0 Å². The van der Waals surface area contributed by atoms with Crippen LogP contribution < -0.4 is 5.32 Å². The third-order valence-corrected chi connectivity index (χ3v) is 3.37. The Morgan fingerprint density at radius 2 is 1.96 bits per heavy atom. The summed E-state index contributed by atoms with van der Waals surface area (Å²) in [6, 6.07) is 7.38. The van der Waals surface area contributed by atoms with Crippen LogP contribution in [0.15, 0.2) is 28.8 Å². The number of rotatable bonds is 5. The van der Waals surface area contributed by atoms with Gasteiger partial charge in [0.05, 0.1) is 5.69 Å². The number of para-hydroxylation sites is 1. The van der Waals surface area contributed by atoms with E-state index in [-0.39, 0.29) is 12.5 Å². The quantitative estimate of drug-likeness (QED) is 0.857. The Hall–Kier alpha value is -2.63. The molecule has 2 rings (SSSR count). The van der Waals surface area contributed by atoms with E-state index in [1.807, 2.05) is 39.0 Å². The first-order valence-corrected chi connectivity index (χ1v) is 7.39. The van der Waals surface area contributed by atoms with Crippen LogP contribution in [0.3, 0.4) is 0 Å². The lowest BCUT2D eigenvalue weighted by Gasteiger charge is -2.09. The summed E-state index contributed by atoms with van der Waals surface area (Å²) in [5.74, 6) is -0.536. The van der Waals surface area contributed by atoms with Gasteiger partial charge < -0.3 is 14.6 Å². The van der Waals surface area contributed by atoms with Crippen LogP contribution in [0, 0.1) is 13.8 Å². The first-order valence-electron chi connectivity index (χ1n) is 7.39. The topological polar surface area (TPSA) is 81.4 Å². The molecule has 1 aromatic carbocycles. The van der Waals surface area contributed by atoms with Gasteiger partial charge in [0.25, 0.3) is 5.91 Å². The van der Waals surface area contributed by atoms with Gasteiger partial charge in [0, 0.05) is 11.6 Å². The van der Waals surface area contributed by atoms with Crippen LogP contribution in [0.1, 0.15) is 47.1 Å². The molecular weight excluding hydrogens is 296 g/mol. The summed E-state index contributed by atoms with van der Waals surface area (Å²) in [7, 11) is 0. The van der Waals surface area contributed by atoms with Crippen molar-refractivity contribution in [2.45, 2.75) is 33.6 Å².